The summed E-state index contributed by atoms with van der Waals surface area (Å²) in [6.07, 6.45) is 6.51. The zero-order valence-corrected chi connectivity index (χ0v) is 21.2. The number of rotatable bonds is 7. The van der Waals surface area contributed by atoms with Gasteiger partial charge in [-0.1, -0.05) is 35.9 Å². The molecule has 2 saturated heterocycles. The molecule has 5 rings (SSSR count). The fourth-order valence-electron chi connectivity index (χ4n) is 5.21. The molecular weight excluding hydrogens is 476 g/mol. The van der Waals surface area contributed by atoms with Crippen molar-refractivity contribution >= 4 is 23.4 Å². The van der Waals surface area contributed by atoms with Crippen LogP contribution in [0.1, 0.15) is 41.0 Å². The van der Waals surface area contributed by atoms with Crippen LogP contribution in [0, 0.1) is 0 Å². The molecule has 9 heteroatoms. The smallest absolute Gasteiger partial charge is 0.270 e. The predicted octanol–water partition coefficient (Wildman–Crippen LogP) is 3.83. The summed E-state index contributed by atoms with van der Waals surface area (Å²) in [5, 5.41) is 3.76. The molecule has 0 atom stereocenters. The van der Waals surface area contributed by atoms with Gasteiger partial charge in [-0.3, -0.25) is 19.6 Å². The Morgan fingerprint density at radius 2 is 1.83 bits per heavy atom. The number of anilines is 1. The van der Waals surface area contributed by atoms with Crippen molar-refractivity contribution < 1.29 is 9.21 Å². The number of likely N-dealkylation sites (tertiary alicyclic amines) is 1. The summed E-state index contributed by atoms with van der Waals surface area (Å²) in [5.74, 6) is 0.542. The van der Waals surface area contributed by atoms with Crippen molar-refractivity contribution in [2.75, 3.05) is 44.2 Å². The third-order valence-electron chi connectivity index (χ3n) is 7.18. The van der Waals surface area contributed by atoms with Gasteiger partial charge < -0.3 is 14.6 Å². The Bertz CT molecular complexity index is 1130. The Kier molecular flexibility index (Phi) is 8.15. The first-order valence-corrected chi connectivity index (χ1v) is 13.1. The molecule has 0 radical (unpaired) electrons. The highest BCUT2D eigenvalue weighted by Crippen LogP contribution is 2.25. The number of benzene rings is 1. The molecule has 1 N–H and O–H groups in total. The largest absolute Gasteiger partial charge is 0.428 e. The maximum Gasteiger partial charge on any atom is 0.270 e. The summed E-state index contributed by atoms with van der Waals surface area (Å²) in [6.45, 7) is 7.31. The maximum absolute atomic E-state index is 12.4. The fourth-order valence-corrected chi connectivity index (χ4v) is 5.40. The Hall–Kier alpha value is -2.94. The van der Waals surface area contributed by atoms with Crippen molar-refractivity contribution in [2.24, 2.45) is 0 Å². The lowest BCUT2D eigenvalue weighted by atomic mass is 10.0. The van der Waals surface area contributed by atoms with E-state index in [0.717, 1.165) is 68.8 Å². The third-order valence-corrected chi connectivity index (χ3v) is 7.55. The van der Waals surface area contributed by atoms with Gasteiger partial charge in [-0.2, -0.15) is 0 Å². The molecule has 0 spiro atoms. The van der Waals surface area contributed by atoms with Gasteiger partial charge in [0.2, 0.25) is 5.88 Å². The molecule has 3 aromatic rings. The summed E-state index contributed by atoms with van der Waals surface area (Å²) < 4.78 is 5.77. The maximum atomic E-state index is 12.4. The van der Waals surface area contributed by atoms with Gasteiger partial charge in [0.15, 0.2) is 6.39 Å². The van der Waals surface area contributed by atoms with Crippen LogP contribution in [0.4, 0.5) is 5.88 Å². The molecule has 2 aliphatic heterocycles. The van der Waals surface area contributed by atoms with Crippen molar-refractivity contribution in [2.45, 2.75) is 38.4 Å². The van der Waals surface area contributed by atoms with Gasteiger partial charge in [0.05, 0.1) is 6.54 Å². The Labute approximate surface area is 217 Å². The van der Waals surface area contributed by atoms with E-state index in [2.05, 4.69) is 42.1 Å². The van der Waals surface area contributed by atoms with Gasteiger partial charge in [-0.05, 0) is 56.1 Å². The number of pyridine rings is 1. The van der Waals surface area contributed by atoms with E-state index in [9.17, 15) is 4.79 Å². The number of carbonyl (C=O) groups is 1. The number of hydrogen-bond acceptors (Lipinski definition) is 7. The summed E-state index contributed by atoms with van der Waals surface area (Å²) in [6, 6.07) is 14.0. The van der Waals surface area contributed by atoms with E-state index in [1.54, 1.807) is 24.4 Å². The zero-order chi connectivity index (χ0) is 24.7. The second kappa shape index (κ2) is 11.9. The van der Waals surface area contributed by atoms with Crippen LogP contribution in [0.15, 0.2) is 59.5 Å². The number of amides is 1. The van der Waals surface area contributed by atoms with Gasteiger partial charge in [0.1, 0.15) is 11.4 Å². The third kappa shape index (κ3) is 6.06. The minimum absolute atomic E-state index is 0.215. The highest BCUT2D eigenvalue weighted by atomic mass is 35.5. The number of nitrogens with one attached hydrogen (secondary N) is 1. The lowest BCUT2D eigenvalue weighted by Crippen LogP contribution is -2.46. The zero-order valence-electron chi connectivity index (χ0n) is 20.5. The molecule has 190 valence electrons. The van der Waals surface area contributed by atoms with E-state index in [0.29, 0.717) is 18.3 Å². The van der Waals surface area contributed by atoms with Crippen molar-refractivity contribution in [3.63, 3.8) is 0 Å². The molecule has 36 heavy (non-hydrogen) atoms. The first-order valence-electron chi connectivity index (χ1n) is 12.7. The molecule has 2 aliphatic rings. The second-order valence-corrected chi connectivity index (χ2v) is 9.88. The Balaban J connectivity index is 1.11. The van der Waals surface area contributed by atoms with Crippen LogP contribution in [0.2, 0.25) is 5.02 Å². The van der Waals surface area contributed by atoms with Crippen LogP contribution in [0.3, 0.4) is 0 Å². The number of carbonyl (C=O) groups excluding carboxylic acids is 1. The topological polar surface area (TPSA) is 77.7 Å². The summed E-state index contributed by atoms with van der Waals surface area (Å²) >= 11 is 6.37. The Morgan fingerprint density at radius 3 is 2.64 bits per heavy atom. The molecule has 0 aliphatic carbocycles. The average molecular weight is 509 g/mol. The minimum Gasteiger partial charge on any atom is -0.428 e. The molecular formula is C27H33ClN6O2. The molecule has 8 nitrogen and oxygen atoms in total. The van der Waals surface area contributed by atoms with E-state index < -0.39 is 0 Å². The normalized spacial score (nSPS) is 18.2. The van der Waals surface area contributed by atoms with Gasteiger partial charge in [-0.25, -0.2) is 4.98 Å². The number of piperidine rings is 1. The minimum atomic E-state index is -0.215. The molecule has 4 heterocycles. The molecule has 0 unspecified atom stereocenters. The highest BCUT2D eigenvalue weighted by Gasteiger charge is 2.28. The highest BCUT2D eigenvalue weighted by molar-refractivity contribution is 6.31. The molecule has 2 aromatic heterocycles. The van der Waals surface area contributed by atoms with Crippen LogP contribution in [-0.4, -0.2) is 71.0 Å². The number of aromatic nitrogens is 2. The molecule has 1 aromatic carbocycles. The van der Waals surface area contributed by atoms with E-state index >= 15 is 0 Å². The average Bonchev–Trinajstić information content (AvgIpc) is 3.25. The van der Waals surface area contributed by atoms with Crippen LogP contribution < -0.4 is 10.2 Å². The Morgan fingerprint density at radius 1 is 1.00 bits per heavy atom. The van der Waals surface area contributed by atoms with Crippen molar-refractivity contribution in [3.8, 4) is 0 Å². The molecule has 2 fully saturated rings. The lowest BCUT2D eigenvalue weighted by molar-refractivity contribution is 0.0945. The SMILES string of the molecule is O=C(NCc1ncoc1N1CCCN(C2CCN(Cc3ccccc3Cl)CC2)CC1)c1ccccn1. The first kappa shape index (κ1) is 24.7. The molecule has 0 bridgehead atoms. The number of nitrogens with zero attached hydrogens (tertiary/aromatic N) is 5. The second-order valence-electron chi connectivity index (χ2n) is 9.48. The van der Waals surface area contributed by atoms with E-state index in [1.165, 1.54) is 24.8 Å². The fraction of sp³-hybridized carbons (Fsp3) is 0.444. The van der Waals surface area contributed by atoms with Crippen LogP contribution in [0.5, 0.6) is 0 Å². The van der Waals surface area contributed by atoms with Crippen molar-refractivity contribution in [3.05, 3.63) is 77.0 Å². The van der Waals surface area contributed by atoms with E-state index in [4.69, 9.17) is 16.0 Å². The monoisotopic (exact) mass is 508 g/mol. The van der Waals surface area contributed by atoms with Gasteiger partial charge in [-0.15, -0.1) is 0 Å². The van der Waals surface area contributed by atoms with Gasteiger partial charge >= 0.3 is 0 Å². The van der Waals surface area contributed by atoms with Crippen LogP contribution in [-0.2, 0) is 13.1 Å². The summed E-state index contributed by atoms with van der Waals surface area (Å²) in [7, 11) is 0. The number of hydrogen-bond donors (Lipinski definition) is 1. The number of halogens is 1. The molecule has 1 amide bonds. The molecule has 0 saturated carbocycles. The van der Waals surface area contributed by atoms with E-state index in [-0.39, 0.29) is 5.91 Å². The van der Waals surface area contributed by atoms with Crippen molar-refractivity contribution in [1.29, 1.82) is 0 Å². The van der Waals surface area contributed by atoms with Gasteiger partial charge in [0.25, 0.3) is 5.91 Å². The van der Waals surface area contributed by atoms with Crippen molar-refractivity contribution in [1.82, 2.24) is 25.1 Å². The summed E-state index contributed by atoms with van der Waals surface area (Å²) in [4.78, 5) is 28.3. The van der Waals surface area contributed by atoms with E-state index in [1.807, 2.05) is 12.1 Å². The quantitative estimate of drug-likeness (QED) is 0.519. The lowest BCUT2D eigenvalue weighted by Gasteiger charge is -2.38. The first-order chi connectivity index (χ1) is 17.7. The van der Waals surface area contributed by atoms with Crippen LogP contribution in [0.25, 0.3) is 0 Å². The number of oxazole rings is 1. The van der Waals surface area contributed by atoms with Crippen LogP contribution >= 0.6 is 11.6 Å². The van der Waals surface area contributed by atoms with Gasteiger partial charge in [0, 0.05) is 50.0 Å². The standard InChI is InChI=1S/C27H33ClN6O2/c28-23-7-2-1-6-21(23)19-32-14-9-22(10-15-32)33-12-5-13-34(17-16-33)27-25(31-20-36-27)18-30-26(35)24-8-3-4-11-29-24/h1-4,6-8,11,20,22H,5,9-10,12-19H2,(H,30,35). The predicted molar refractivity (Wildman–Crippen MR) is 140 cm³/mol. The summed E-state index contributed by atoms with van der Waals surface area (Å²) in [5.41, 5.74) is 2.36.